The van der Waals surface area contributed by atoms with E-state index in [1.165, 1.54) is 4.90 Å². The van der Waals surface area contributed by atoms with E-state index in [2.05, 4.69) is 4.99 Å². The van der Waals surface area contributed by atoms with Crippen LogP contribution in [0.5, 0.6) is 0 Å². The van der Waals surface area contributed by atoms with Crippen LogP contribution in [0, 0.1) is 0 Å². The van der Waals surface area contributed by atoms with Gasteiger partial charge in [0.15, 0.2) is 6.17 Å². The van der Waals surface area contributed by atoms with Crippen LogP contribution in [-0.4, -0.2) is 24.8 Å². The molecule has 6 heteroatoms. The van der Waals surface area contributed by atoms with E-state index in [0.717, 1.165) is 5.56 Å². The largest absolute Gasteiger partial charge is 0.312 e. The quantitative estimate of drug-likeness (QED) is 0.871. The highest BCUT2D eigenvalue weighted by molar-refractivity contribution is 6.37. The first kappa shape index (κ1) is 15.0. The maximum Gasteiger partial charge on any atom is 0.266 e. The van der Waals surface area contributed by atoms with Crippen molar-refractivity contribution in [1.82, 2.24) is 0 Å². The zero-order valence-corrected chi connectivity index (χ0v) is 13.3. The van der Waals surface area contributed by atoms with Crippen molar-refractivity contribution in [3.05, 3.63) is 63.6 Å². The topological polar surface area (TPSA) is 58.7 Å². The fourth-order valence-electron chi connectivity index (χ4n) is 2.44. The maximum atomic E-state index is 12.3. The van der Waals surface area contributed by atoms with Gasteiger partial charge in [-0.1, -0.05) is 41.4 Å². The molecule has 1 aliphatic heterocycles. The van der Waals surface area contributed by atoms with Gasteiger partial charge < -0.3 is 10.6 Å². The fourth-order valence-corrected chi connectivity index (χ4v) is 2.84. The van der Waals surface area contributed by atoms with Crippen LogP contribution in [0.3, 0.4) is 0 Å². The van der Waals surface area contributed by atoms with Gasteiger partial charge >= 0.3 is 0 Å². The summed E-state index contributed by atoms with van der Waals surface area (Å²) < 4.78 is 0. The van der Waals surface area contributed by atoms with E-state index in [1.54, 1.807) is 31.3 Å². The lowest BCUT2D eigenvalue weighted by molar-refractivity contribution is -0.119. The second kappa shape index (κ2) is 5.72. The number of carbonyl (C=O) groups excluding carboxylic acids is 1. The van der Waals surface area contributed by atoms with Crippen molar-refractivity contribution in [2.75, 3.05) is 11.9 Å². The summed E-state index contributed by atoms with van der Waals surface area (Å²) in [5.41, 5.74) is 8.61. The summed E-state index contributed by atoms with van der Waals surface area (Å²) in [6, 6.07) is 12.6. The third-order valence-electron chi connectivity index (χ3n) is 3.56. The molecule has 22 heavy (non-hydrogen) atoms. The van der Waals surface area contributed by atoms with Gasteiger partial charge in [-0.25, -0.2) is 0 Å². The average molecular weight is 334 g/mol. The van der Waals surface area contributed by atoms with E-state index in [0.29, 0.717) is 27.0 Å². The van der Waals surface area contributed by atoms with Crippen LogP contribution in [0.25, 0.3) is 0 Å². The Kier molecular flexibility index (Phi) is 3.91. The number of fused-ring (bicyclic) bond motifs is 1. The number of hydrogen-bond acceptors (Lipinski definition) is 3. The van der Waals surface area contributed by atoms with Crippen LogP contribution in [0.4, 0.5) is 5.69 Å². The van der Waals surface area contributed by atoms with Crippen LogP contribution in [-0.2, 0) is 4.79 Å². The molecule has 2 aromatic carbocycles. The van der Waals surface area contributed by atoms with Crippen molar-refractivity contribution in [1.29, 1.82) is 0 Å². The number of amides is 1. The van der Waals surface area contributed by atoms with Crippen molar-refractivity contribution in [3.8, 4) is 0 Å². The summed E-state index contributed by atoms with van der Waals surface area (Å²) in [6.45, 7) is 0. The fraction of sp³-hybridized carbons (Fsp3) is 0.125. The molecule has 1 heterocycles. The number of aliphatic imine (C=N–C) groups is 1. The van der Waals surface area contributed by atoms with Gasteiger partial charge in [-0.15, -0.1) is 0 Å². The lowest BCUT2D eigenvalue weighted by atomic mass is 10.00. The van der Waals surface area contributed by atoms with Crippen LogP contribution in [0.15, 0.2) is 47.5 Å². The third-order valence-corrected chi connectivity index (χ3v) is 4.12. The highest BCUT2D eigenvalue weighted by atomic mass is 35.5. The molecule has 4 nitrogen and oxygen atoms in total. The molecule has 1 amide bonds. The highest BCUT2D eigenvalue weighted by Crippen LogP contribution is 2.31. The van der Waals surface area contributed by atoms with Crippen molar-refractivity contribution in [3.63, 3.8) is 0 Å². The number of rotatable bonds is 1. The minimum absolute atomic E-state index is 0.286. The van der Waals surface area contributed by atoms with E-state index < -0.39 is 6.17 Å². The molecule has 2 aromatic rings. The Balaban J connectivity index is 2.31. The normalized spacial score (nSPS) is 17.8. The van der Waals surface area contributed by atoms with E-state index in [9.17, 15) is 4.79 Å². The Hall–Kier alpha value is -1.88. The number of nitrogens with two attached hydrogens (primary N) is 1. The van der Waals surface area contributed by atoms with Crippen molar-refractivity contribution in [2.24, 2.45) is 10.7 Å². The average Bonchev–Trinajstić information content (AvgIpc) is 2.59. The molecule has 1 atom stereocenters. The van der Waals surface area contributed by atoms with Crippen LogP contribution in [0.2, 0.25) is 10.0 Å². The Morgan fingerprint density at radius 1 is 1.14 bits per heavy atom. The van der Waals surface area contributed by atoms with Gasteiger partial charge in [0.1, 0.15) is 0 Å². The Morgan fingerprint density at radius 2 is 1.86 bits per heavy atom. The van der Waals surface area contributed by atoms with Gasteiger partial charge in [0.25, 0.3) is 5.91 Å². The van der Waals surface area contributed by atoms with Crippen LogP contribution < -0.4 is 10.6 Å². The molecule has 1 aliphatic rings. The van der Waals surface area contributed by atoms with Gasteiger partial charge in [-0.2, -0.15) is 0 Å². The molecular weight excluding hydrogens is 321 g/mol. The molecule has 2 N–H and O–H groups in total. The molecule has 0 bridgehead atoms. The lowest BCUT2D eigenvalue weighted by Crippen LogP contribution is -2.39. The molecule has 112 valence electrons. The summed E-state index contributed by atoms with van der Waals surface area (Å²) in [7, 11) is 1.67. The van der Waals surface area contributed by atoms with E-state index >= 15 is 0 Å². The maximum absolute atomic E-state index is 12.3. The number of likely N-dealkylation sites (N-methyl/N-ethyl adjacent to an activating group) is 1. The Bertz CT molecular complexity index is 789. The minimum Gasteiger partial charge on any atom is -0.312 e. The molecule has 0 saturated heterocycles. The first-order valence-corrected chi connectivity index (χ1v) is 7.40. The smallest absolute Gasteiger partial charge is 0.266 e. The Labute approximate surface area is 138 Å². The molecule has 0 fully saturated rings. The summed E-state index contributed by atoms with van der Waals surface area (Å²) in [5, 5.41) is 1.09. The van der Waals surface area contributed by atoms with Gasteiger partial charge in [0.2, 0.25) is 0 Å². The molecular formula is C16H13Cl2N3O. The van der Waals surface area contributed by atoms with Gasteiger partial charge in [-0.3, -0.25) is 9.79 Å². The first-order chi connectivity index (χ1) is 10.5. The third kappa shape index (κ3) is 2.50. The molecule has 0 radical (unpaired) electrons. The van der Waals surface area contributed by atoms with Gasteiger partial charge in [0, 0.05) is 28.2 Å². The number of carbonyl (C=O) groups is 1. The Morgan fingerprint density at radius 3 is 2.59 bits per heavy atom. The van der Waals surface area contributed by atoms with E-state index in [4.69, 9.17) is 28.9 Å². The van der Waals surface area contributed by atoms with Gasteiger partial charge in [0.05, 0.1) is 11.4 Å². The number of anilines is 1. The molecule has 3 rings (SSSR count). The van der Waals surface area contributed by atoms with Crippen molar-refractivity contribution < 1.29 is 4.79 Å². The van der Waals surface area contributed by atoms with Crippen molar-refractivity contribution >= 4 is 40.5 Å². The SMILES string of the molecule is CN1C(=O)C(N)N=C(c2ccccc2Cl)c2cc(Cl)ccc21. The zero-order chi connectivity index (χ0) is 15.9. The summed E-state index contributed by atoms with van der Waals surface area (Å²) in [6.07, 6.45) is -0.984. The molecule has 0 aromatic heterocycles. The second-order valence-corrected chi connectivity index (χ2v) is 5.80. The number of hydrogen-bond donors (Lipinski definition) is 1. The van der Waals surface area contributed by atoms with E-state index in [-0.39, 0.29) is 5.91 Å². The summed E-state index contributed by atoms with van der Waals surface area (Å²) in [4.78, 5) is 18.2. The second-order valence-electron chi connectivity index (χ2n) is 4.96. The number of benzene rings is 2. The highest BCUT2D eigenvalue weighted by Gasteiger charge is 2.28. The minimum atomic E-state index is -0.984. The monoisotopic (exact) mass is 333 g/mol. The predicted molar refractivity (Wildman–Crippen MR) is 89.9 cm³/mol. The van der Waals surface area contributed by atoms with Crippen LogP contribution >= 0.6 is 23.2 Å². The molecule has 0 spiro atoms. The summed E-state index contributed by atoms with van der Waals surface area (Å²) in [5.74, 6) is -0.286. The van der Waals surface area contributed by atoms with Gasteiger partial charge in [-0.05, 0) is 24.3 Å². The number of benzodiazepines with no additional fused rings is 1. The summed E-state index contributed by atoms with van der Waals surface area (Å²) >= 11 is 12.4. The number of halogens is 2. The van der Waals surface area contributed by atoms with Crippen LogP contribution in [0.1, 0.15) is 11.1 Å². The predicted octanol–water partition coefficient (Wildman–Crippen LogP) is 3.09. The molecule has 0 saturated carbocycles. The molecule has 1 unspecified atom stereocenters. The number of nitrogens with zero attached hydrogens (tertiary/aromatic N) is 2. The zero-order valence-electron chi connectivity index (χ0n) is 11.8. The lowest BCUT2D eigenvalue weighted by Gasteiger charge is -2.19. The first-order valence-electron chi connectivity index (χ1n) is 6.65. The van der Waals surface area contributed by atoms with Crippen molar-refractivity contribution in [2.45, 2.75) is 6.17 Å². The molecule has 0 aliphatic carbocycles. The van der Waals surface area contributed by atoms with E-state index in [1.807, 2.05) is 18.2 Å². The standard InChI is InChI=1S/C16H13Cl2N3O/c1-21-13-7-6-9(17)8-11(13)14(20-15(19)16(21)22)10-4-2-3-5-12(10)18/h2-8,15H,19H2,1H3.